The maximum absolute atomic E-state index is 9.82. The number of aliphatic hydroxyl groups excluding tert-OH is 2. The number of hydrogen-bond acceptors (Lipinski definition) is 4. The molecule has 4 heteroatoms. The second kappa shape index (κ2) is 7.17. The molecule has 0 aromatic rings. The molecule has 0 radical (unpaired) electrons. The van der Waals surface area contributed by atoms with Gasteiger partial charge in [0.05, 0.1) is 18.8 Å². The highest BCUT2D eigenvalue weighted by Gasteiger charge is 2.21. The molecule has 0 saturated heterocycles. The molecule has 90 valence electrons. The summed E-state index contributed by atoms with van der Waals surface area (Å²) in [5.41, 5.74) is 0. The Morgan fingerprint density at radius 3 is 2.80 bits per heavy atom. The number of methoxy groups -OCH3 is 1. The van der Waals surface area contributed by atoms with Gasteiger partial charge in [-0.05, 0) is 12.8 Å². The molecule has 0 aliphatic heterocycles. The van der Waals surface area contributed by atoms with Crippen molar-refractivity contribution < 1.29 is 14.9 Å². The predicted molar refractivity (Wildman–Crippen MR) is 58.8 cm³/mol. The van der Waals surface area contributed by atoms with Gasteiger partial charge in [0.2, 0.25) is 0 Å². The standard InChI is InChI=1S/C11H23NO3/c1-15-8-9(13)7-12-10-5-3-2-4-6-11(10)14/h9-14H,2-8H2,1H3. The van der Waals surface area contributed by atoms with Gasteiger partial charge in [-0.25, -0.2) is 0 Å². The van der Waals surface area contributed by atoms with E-state index in [2.05, 4.69) is 5.32 Å². The lowest BCUT2D eigenvalue weighted by Crippen LogP contribution is -2.43. The largest absolute Gasteiger partial charge is 0.392 e. The van der Waals surface area contributed by atoms with Crippen LogP contribution >= 0.6 is 0 Å². The summed E-state index contributed by atoms with van der Waals surface area (Å²) in [6, 6.07) is 0.138. The molecule has 0 bridgehead atoms. The zero-order valence-corrected chi connectivity index (χ0v) is 9.48. The second-order valence-corrected chi connectivity index (χ2v) is 4.33. The first-order valence-corrected chi connectivity index (χ1v) is 5.82. The van der Waals surface area contributed by atoms with Crippen LogP contribution in [0.2, 0.25) is 0 Å². The molecular formula is C11H23NO3. The van der Waals surface area contributed by atoms with E-state index in [4.69, 9.17) is 4.74 Å². The van der Waals surface area contributed by atoms with Crippen LogP contribution in [0.25, 0.3) is 0 Å². The van der Waals surface area contributed by atoms with Gasteiger partial charge in [0.1, 0.15) is 0 Å². The van der Waals surface area contributed by atoms with E-state index in [0.29, 0.717) is 13.2 Å². The summed E-state index contributed by atoms with van der Waals surface area (Å²) in [5, 5.41) is 22.5. The summed E-state index contributed by atoms with van der Waals surface area (Å²) in [4.78, 5) is 0. The lowest BCUT2D eigenvalue weighted by atomic mass is 10.1. The van der Waals surface area contributed by atoms with Crippen LogP contribution in [0, 0.1) is 0 Å². The van der Waals surface area contributed by atoms with Crippen molar-refractivity contribution in [3.63, 3.8) is 0 Å². The number of ether oxygens (including phenoxy) is 1. The first kappa shape index (κ1) is 12.9. The van der Waals surface area contributed by atoms with Crippen molar-refractivity contribution in [3.8, 4) is 0 Å². The minimum absolute atomic E-state index is 0.138. The highest BCUT2D eigenvalue weighted by Crippen LogP contribution is 2.17. The molecule has 1 saturated carbocycles. The van der Waals surface area contributed by atoms with Crippen LogP contribution in [0.15, 0.2) is 0 Å². The molecule has 0 heterocycles. The van der Waals surface area contributed by atoms with Crippen molar-refractivity contribution >= 4 is 0 Å². The Hall–Kier alpha value is -0.160. The predicted octanol–water partition coefficient (Wildman–Crippen LogP) is 0.277. The number of rotatable bonds is 5. The summed E-state index contributed by atoms with van der Waals surface area (Å²) in [6.07, 6.45) is 4.61. The van der Waals surface area contributed by atoms with E-state index in [0.717, 1.165) is 25.7 Å². The molecule has 1 aliphatic rings. The molecule has 1 rings (SSSR count). The van der Waals surface area contributed by atoms with Crippen LogP contribution in [0.4, 0.5) is 0 Å². The Kier molecular flexibility index (Phi) is 6.17. The zero-order valence-electron chi connectivity index (χ0n) is 9.48. The van der Waals surface area contributed by atoms with Gasteiger partial charge < -0.3 is 20.3 Å². The van der Waals surface area contributed by atoms with Gasteiger partial charge in [-0.2, -0.15) is 0 Å². The van der Waals surface area contributed by atoms with Gasteiger partial charge in [0.15, 0.2) is 0 Å². The average Bonchev–Trinajstić information content (AvgIpc) is 2.41. The molecular weight excluding hydrogens is 194 g/mol. The Bertz CT molecular complexity index is 166. The summed E-state index contributed by atoms with van der Waals surface area (Å²) >= 11 is 0. The van der Waals surface area contributed by atoms with Crippen molar-refractivity contribution in [2.75, 3.05) is 20.3 Å². The Balaban J connectivity index is 2.22. The van der Waals surface area contributed by atoms with Crippen LogP contribution in [0.5, 0.6) is 0 Å². The number of hydrogen-bond donors (Lipinski definition) is 3. The lowest BCUT2D eigenvalue weighted by Gasteiger charge is -2.23. The van der Waals surface area contributed by atoms with Crippen molar-refractivity contribution in [1.82, 2.24) is 5.32 Å². The fraction of sp³-hybridized carbons (Fsp3) is 1.00. The highest BCUT2D eigenvalue weighted by molar-refractivity contribution is 4.79. The van der Waals surface area contributed by atoms with E-state index in [1.54, 1.807) is 7.11 Å². The van der Waals surface area contributed by atoms with Gasteiger partial charge in [-0.15, -0.1) is 0 Å². The van der Waals surface area contributed by atoms with Crippen LogP contribution in [0.3, 0.4) is 0 Å². The Labute approximate surface area is 91.6 Å². The monoisotopic (exact) mass is 217 g/mol. The van der Waals surface area contributed by atoms with Crippen LogP contribution in [-0.4, -0.2) is 48.7 Å². The smallest absolute Gasteiger partial charge is 0.0897 e. The van der Waals surface area contributed by atoms with E-state index >= 15 is 0 Å². The van der Waals surface area contributed by atoms with Crippen molar-refractivity contribution in [3.05, 3.63) is 0 Å². The quantitative estimate of drug-likeness (QED) is 0.579. The van der Waals surface area contributed by atoms with E-state index in [9.17, 15) is 10.2 Å². The molecule has 1 fully saturated rings. The topological polar surface area (TPSA) is 61.7 Å². The molecule has 4 nitrogen and oxygen atoms in total. The molecule has 3 atom stereocenters. The highest BCUT2D eigenvalue weighted by atomic mass is 16.5. The summed E-state index contributed by atoms with van der Waals surface area (Å²) in [6.45, 7) is 0.839. The van der Waals surface area contributed by atoms with Crippen molar-refractivity contribution in [2.45, 2.75) is 50.4 Å². The maximum Gasteiger partial charge on any atom is 0.0897 e. The SMILES string of the molecule is COCC(O)CNC1CCCCCC1O. The first-order chi connectivity index (χ1) is 7.24. The summed E-state index contributed by atoms with van der Waals surface area (Å²) in [5.74, 6) is 0. The molecule has 3 N–H and O–H groups in total. The van der Waals surface area contributed by atoms with Gasteiger partial charge in [0.25, 0.3) is 0 Å². The van der Waals surface area contributed by atoms with E-state index in [1.807, 2.05) is 0 Å². The van der Waals surface area contributed by atoms with E-state index < -0.39 is 6.10 Å². The van der Waals surface area contributed by atoms with Crippen LogP contribution < -0.4 is 5.32 Å². The normalized spacial score (nSPS) is 29.8. The Morgan fingerprint density at radius 2 is 2.07 bits per heavy atom. The lowest BCUT2D eigenvalue weighted by molar-refractivity contribution is 0.0538. The van der Waals surface area contributed by atoms with Crippen LogP contribution in [-0.2, 0) is 4.74 Å². The third kappa shape index (κ3) is 4.93. The fourth-order valence-electron chi connectivity index (χ4n) is 2.06. The average molecular weight is 217 g/mol. The zero-order chi connectivity index (χ0) is 11.1. The van der Waals surface area contributed by atoms with Gasteiger partial charge in [-0.3, -0.25) is 0 Å². The maximum atomic E-state index is 9.82. The molecule has 15 heavy (non-hydrogen) atoms. The van der Waals surface area contributed by atoms with Crippen molar-refractivity contribution in [1.29, 1.82) is 0 Å². The molecule has 0 aromatic carbocycles. The van der Waals surface area contributed by atoms with E-state index in [-0.39, 0.29) is 12.1 Å². The van der Waals surface area contributed by atoms with E-state index in [1.165, 1.54) is 6.42 Å². The third-order valence-electron chi connectivity index (χ3n) is 2.95. The molecule has 0 amide bonds. The number of aliphatic hydroxyl groups is 2. The number of nitrogens with one attached hydrogen (secondary N) is 1. The summed E-state index contributed by atoms with van der Waals surface area (Å²) in [7, 11) is 1.57. The first-order valence-electron chi connectivity index (χ1n) is 5.82. The minimum Gasteiger partial charge on any atom is -0.392 e. The third-order valence-corrected chi connectivity index (χ3v) is 2.95. The molecule has 1 aliphatic carbocycles. The van der Waals surface area contributed by atoms with Gasteiger partial charge in [-0.1, -0.05) is 19.3 Å². The van der Waals surface area contributed by atoms with Gasteiger partial charge in [0, 0.05) is 19.7 Å². The Morgan fingerprint density at radius 1 is 1.33 bits per heavy atom. The van der Waals surface area contributed by atoms with Crippen LogP contribution in [0.1, 0.15) is 32.1 Å². The fourth-order valence-corrected chi connectivity index (χ4v) is 2.06. The van der Waals surface area contributed by atoms with Gasteiger partial charge >= 0.3 is 0 Å². The molecule has 3 unspecified atom stereocenters. The van der Waals surface area contributed by atoms with Crippen molar-refractivity contribution in [2.24, 2.45) is 0 Å². The molecule has 0 spiro atoms. The minimum atomic E-state index is -0.481. The summed E-state index contributed by atoms with van der Waals surface area (Å²) < 4.78 is 4.84. The molecule has 0 aromatic heterocycles. The second-order valence-electron chi connectivity index (χ2n) is 4.33.